The van der Waals surface area contributed by atoms with Gasteiger partial charge in [0.1, 0.15) is 5.75 Å². The highest BCUT2D eigenvalue weighted by atomic mass is 32.1. The van der Waals surface area contributed by atoms with Crippen LogP contribution in [0.15, 0.2) is 53.8 Å². The Balaban J connectivity index is 1.84. The van der Waals surface area contributed by atoms with E-state index in [1.165, 1.54) is 22.3 Å². The smallest absolute Gasteiger partial charge is 0.290 e. The maximum absolute atomic E-state index is 13.7. The summed E-state index contributed by atoms with van der Waals surface area (Å²) in [5.41, 5.74) is 1.79. The van der Waals surface area contributed by atoms with Crippen LogP contribution >= 0.6 is 11.3 Å². The number of aliphatic hydroxyl groups is 1. The number of hydrogen-bond donors (Lipinski definition) is 2. The number of aryl methyl sites for hydroxylation is 2. The zero-order chi connectivity index (χ0) is 25.3. The van der Waals surface area contributed by atoms with Crippen LogP contribution in [0.5, 0.6) is 17.2 Å². The summed E-state index contributed by atoms with van der Waals surface area (Å²) >= 11 is 1.22. The molecule has 2 aromatic carbocycles. The molecule has 8 nitrogen and oxygen atoms in total. The molecule has 3 aromatic rings. The van der Waals surface area contributed by atoms with Gasteiger partial charge in [0.05, 0.1) is 40.9 Å². The van der Waals surface area contributed by atoms with Gasteiger partial charge in [-0.2, -0.15) is 0 Å². The summed E-state index contributed by atoms with van der Waals surface area (Å²) in [4.78, 5) is 33.1. The van der Waals surface area contributed by atoms with Crippen molar-refractivity contribution < 1.29 is 29.3 Å². The number of benzene rings is 2. The zero-order valence-electron chi connectivity index (χ0n) is 19.9. The third-order valence-electron chi connectivity index (χ3n) is 5.74. The van der Waals surface area contributed by atoms with Crippen LogP contribution < -0.4 is 9.47 Å². The number of ketones is 1. The number of Topliss-reactive ketones (excluding diaryl/α,β-unsaturated/α-hetero) is 1. The Kier molecular flexibility index (Phi) is 6.79. The minimum absolute atomic E-state index is 0.0298. The maximum Gasteiger partial charge on any atom is 0.290 e. The van der Waals surface area contributed by atoms with E-state index >= 15 is 0 Å². The predicted octanol–water partition coefficient (Wildman–Crippen LogP) is 4.65. The molecule has 2 N–H and O–H groups in total. The fourth-order valence-electron chi connectivity index (χ4n) is 4.20. The standard InChI is InChI=1S/C26H26N2O6S/c1-5-34-20-12-17(9-10-19(20)29)22-21(23(30)25-14(2)27-15(3)35-25)24(31)26(32)28(22)13-16-7-6-8-18(11-16)33-4/h6-12,22,29,31H,5,13H2,1-4H3. The van der Waals surface area contributed by atoms with Crippen molar-refractivity contribution in [2.45, 2.75) is 33.4 Å². The number of methoxy groups -OCH3 is 1. The quantitative estimate of drug-likeness (QED) is 0.439. The topological polar surface area (TPSA) is 109 Å². The van der Waals surface area contributed by atoms with Crippen molar-refractivity contribution in [3.63, 3.8) is 0 Å². The predicted molar refractivity (Wildman–Crippen MR) is 131 cm³/mol. The molecule has 1 aliphatic heterocycles. The van der Waals surface area contributed by atoms with E-state index in [9.17, 15) is 19.8 Å². The van der Waals surface area contributed by atoms with Crippen LogP contribution in [0.4, 0.5) is 0 Å². The Hall–Kier alpha value is -3.85. The second-order valence-corrected chi connectivity index (χ2v) is 9.29. The molecule has 9 heteroatoms. The number of aromatic nitrogens is 1. The highest BCUT2D eigenvalue weighted by molar-refractivity contribution is 7.14. The molecule has 1 atom stereocenters. The van der Waals surface area contributed by atoms with Gasteiger partial charge in [-0.05, 0) is 56.2 Å². The average Bonchev–Trinajstić information content (AvgIpc) is 3.30. The summed E-state index contributed by atoms with van der Waals surface area (Å²) in [5, 5.41) is 21.9. The van der Waals surface area contributed by atoms with Gasteiger partial charge in [-0.25, -0.2) is 4.98 Å². The Morgan fingerprint density at radius 3 is 2.60 bits per heavy atom. The van der Waals surface area contributed by atoms with Crippen LogP contribution in [0, 0.1) is 13.8 Å². The van der Waals surface area contributed by atoms with Gasteiger partial charge in [0.15, 0.2) is 17.3 Å². The number of aromatic hydroxyl groups is 1. The van der Waals surface area contributed by atoms with Crippen molar-refractivity contribution in [2.24, 2.45) is 0 Å². The molecule has 2 heterocycles. The van der Waals surface area contributed by atoms with Gasteiger partial charge in [-0.15, -0.1) is 11.3 Å². The number of ether oxygens (including phenoxy) is 2. The molecule has 0 aliphatic carbocycles. The second kappa shape index (κ2) is 9.79. The molecule has 0 spiro atoms. The minimum Gasteiger partial charge on any atom is -0.504 e. The molecule has 182 valence electrons. The molecule has 35 heavy (non-hydrogen) atoms. The van der Waals surface area contributed by atoms with E-state index in [0.29, 0.717) is 33.5 Å². The zero-order valence-corrected chi connectivity index (χ0v) is 20.7. The summed E-state index contributed by atoms with van der Waals surface area (Å²) in [5.74, 6) is -0.928. The summed E-state index contributed by atoms with van der Waals surface area (Å²) in [6.07, 6.45) is 0. The third-order valence-corrected chi connectivity index (χ3v) is 6.82. The van der Waals surface area contributed by atoms with Crippen molar-refractivity contribution in [2.75, 3.05) is 13.7 Å². The summed E-state index contributed by atoms with van der Waals surface area (Å²) in [6, 6.07) is 11.0. The van der Waals surface area contributed by atoms with E-state index in [0.717, 1.165) is 5.56 Å². The molecule has 1 amide bonds. The Morgan fingerprint density at radius 1 is 1.17 bits per heavy atom. The third kappa shape index (κ3) is 4.59. The van der Waals surface area contributed by atoms with Crippen LogP contribution in [0.1, 0.15) is 44.5 Å². The van der Waals surface area contributed by atoms with E-state index in [4.69, 9.17) is 9.47 Å². The maximum atomic E-state index is 13.7. The lowest BCUT2D eigenvalue weighted by atomic mass is 9.94. The van der Waals surface area contributed by atoms with Crippen LogP contribution in [-0.2, 0) is 11.3 Å². The molecule has 1 aromatic heterocycles. The highest BCUT2D eigenvalue weighted by Gasteiger charge is 2.44. The lowest BCUT2D eigenvalue weighted by Crippen LogP contribution is -2.30. The summed E-state index contributed by atoms with van der Waals surface area (Å²) in [7, 11) is 1.55. The van der Waals surface area contributed by atoms with Crippen LogP contribution in [0.2, 0.25) is 0 Å². The van der Waals surface area contributed by atoms with Gasteiger partial charge < -0.3 is 24.6 Å². The van der Waals surface area contributed by atoms with Gasteiger partial charge in [-0.1, -0.05) is 18.2 Å². The van der Waals surface area contributed by atoms with Crippen molar-refractivity contribution in [3.05, 3.63) is 80.5 Å². The van der Waals surface area contributed by atoms with E-state index in [-0.39, 0.29) is 23.6 Å². The number of hydrogen-bond acceptors (Lipinski definition) is 8. The molecule has 1 unspecified atom stereocenters. The number of nitrogens with zero attached hydrogens (tertiary/aromatic N) is 2. The van der Waals surface area contributed by atoms with Gasteiger partial charge in [-0.3, -0.25) is 9.59 Å². The molecule has 0 radical (unpaired) electrons. The lowest BCUT2D eigenvalue weighted by molar-refractivity contribution is -0.130. The first-order chi connectivity index (χ1) is 16.7. The first-order valence-corrected chi connectivity index (χ1v) is 11.9. The molecule has 0 saturated heterocycles. The summed E-state index contributed by atoms with van der Waals surface area (Å²) in [6.45, 7) is 5.74. The van der Waals surface area contributed by atoms with Crippen molar-refractivity contribution in [3.8, 4) is 17.2 Å². The molecular formula is C26H26N2O6S. The van der Waals surface area contributed by atoms with Crippen LogP contribution in [0.25, 0.3) is 0 Å². The number of thiazole rings is 1. The van der Waals surface area contributed by atoms with Crippen molar-refractivity contribution in [1.82, 2.24) is 9.88 Å². The molecule has 4 rings (SSSR count). The summed E-state index contributed by atoms with van der Waals surface area (Å²) < 4.78 is 10.8. The SMILES string of the molecule is CCOc1cc(C2C(C(=O)c3sc(C)nc3C)=C(O)C(=O)N2Cc2cccc(OC)c2)ccc1O. The van der Waals surface area contributed by atoms with Crippen LogP contribution in [-0.4, -0.2) is 45.5 Å². The number of carbonyl (C=O) groups excluding carboxylic acids is 2. The van der Waals surface area contributed by atoms with Crippen LogP contribution in [0.3, 0.4) is 0 Å². The van der Waals surface area contributed by atoms with E-state index < -0.39 is 23.5 Å². The Bertz CT molecular complexity index is 1330. The van der Waals surface area contributed by atoms with Gasteiger partial charge in [0.25, 0.3) is 5.91 Å². The number of aliphatic hydroxyl groups excluding tert-OH is 1. The molecule has 0 fully saturated rings. The lowest BCUT2D eigenvalue weighted by Gasteiger charge is -2.27. The van der Waals surface area contributed by atoms with E-state index in [1.807, 2.05) is 6.07 Å². The normalized spacial score (nSPS) is 15.6. The first kappa shape index (κ1) is 24.3. The highest BCUT2D eigenvalue weighted by Crippen LogP contribution is 2.43. The number of carbonyl (C=O) groups is 2. The van der Waals surface area contributed by atoms with Gasteiger partial charge in [0.2, 0.25) is 5.78 Å². The molecule has 0 saturated carbocycles. The Labute approximate surface area is 207 Å². The second-order valence-electron chi connectivity index (χ2n) is 8.09. The monoisotopic (exact) mass is 494 g/mol. The fraction of sp³-hybridized carbons (Fsp3) is 0.269. The number of phenolic OH excluding ortho intramolecular Hbond substituents is 1. The minimum atomic E-state index is -0.900. The van der Waals surface area contributed by atoms with Crippen molar-refractivity contribution in [1.29, 1.82) is 0 Å². The van der Waals surface area contributed by atoms with Gasteiger partial charge in [0, 0.05) is 6.54 Å². The largest absolute Gasteiger partial charge is 0.504 e. The average molecular weight is 495 g/mol. The first-order valence-electron chi connectivity index (χ1n) is 11.1. The molecule has 1 aliphatic rings. The number of amides is 1. The van der Waals surface area contributed by atoms with Gasteiger partial charge >= 0.3 is 0 Å². The number of rotatable bonds is 8. The number of phenols is 1. The molecule has 0 bridgehead atoms. The van der Waals surface area contributed by atoms with Crippen molar-refractivity contribution >= 4 is 23.0 Å². The fourth-order valence-corrected chi connectivity index (χ4v) is 5.07. The Morgan fingerprint density at radius 2 is 1.94 bits per heavy atom. The van der Waals surface area contributed by atoms with E-state index in [2.05, 4.69) is 4.98 Å². The molecular weight excluding hydrogens is 468 g/mol. The van der Waals surface area contributed by atoms with E-state index in [1.54, 1.807) is 58.2 Å².